The first-order chi connectivity index (χ1) is 60.1. The molecule has 6 aliphatic heterocycles. The molecular formula is C81H128O46. The van der Waals surface area contributed by atoms with Crippen LogP contribution in [0.5, 0.6) is 0 Å². The number of carbonyl (C=O) groups is 12. The van der Waals surface area contributed by atoms with Crippen LogP contribution in [0.2, 0.25) is 0 Å². The third-order valence-electron chi connectivity index (χ3n) is 21.0. The van der Waals surface area contributed by atoms with Gasteiger partial charge in [0.15, 0.2) is 86.6 Å². The van der Waals surface area contributed by atoms with E-state index in [0.29, 0.717) is 32.3 Å². The van der Waals surface area contributed by atoms with Gasteiger partial charge in [0.25, 0.3) is 0 Å². The average molecular weight is 1840 g/mol. The van der Waals surface area contributed by atoms with Gasteiger partial charge in [0.2, 0.25) is 0 Å². The molecule has 0 unspecified atom stereocenters. The van der Waals surface area contributed by atoms with Crippen molar-refractivity contribution in [1.29, 1.82) is 0 Å². The second kappa shape index (κ2) is 54.5. The van der Waals surface area contributed by atoms with Gasteiger partial charge in [-0.05, 0) is 19.3 Å². The summed E-state index contributed by atoms with van der Waals surface area (Å²) in [5.41, 5.74) is 0. The van der Waals surface area contributed by atoms with E-state index in [0.717, 1.165) is 160 Å². The summed E-state index contributed by atoms with van der Waals surface area (Å²) in [5, 5.41) is 112. The smallest absolute Gasteiger partial charge is 0.334 e. The third kappa shape index (κ3) is 34.8. The first-order valence-corrected chi connectivity index (χ1v) is 42.6. The summed E-state index contributed by atoms with van der Waals surface area (Å²) in [6, 6.07) is 0. The maximum Gasteiger partial charge on any atom is 0.334 e. The van der Waals surface area contributed by atoms with Crippen LogP contribution in [-0.2, 0) is 171 Å². The number of hydrogen-bond acceptors (Lipinski definition) is 45. The molecule has 0 radical (unpaired) electrons. The molecular weight excluding hydrogens is 1710 g/mol. The van der Waals surface area contributed by atoms with Crippen molar-refractivity contribution in [3.05, 3.63) is 0 Å². The molecule has 0 bridgehead atoms. The van der Waals surface area contributed by atoms with Crippen molar-refractivity contribution in [2.24, 2.45) is 0 Å². The lowest BCUT2D eigenvalue weighted by atomic mass is 9.94. The minimum atomic E-state index is -2.42. The van der Waals surface area contributed by atoms with Crippen LogP contribution in [0.4, 0.5) is 0 Å². The van der Waals surface area contributed by atoms with Gasteiger partial charge in [0, 0.05) is 82.8 Å². The van der Waals surface area contributed by atoms with Gasteiger partial charge < -0.3 is 165 Å². The highest BCUT2D eigenvalue weighted by Crippen LogP contribution is 2.42. The number of aliphatic hydroxyl groups is 9. The Labute approximate surface area is 733 Å². The van der Waals surface area contributed by atoms with Gasteiger partial charge in [0.1, 0.15) is 137 Å². The Morgan fingerprint density at radius 1 is 0.291 bits per heavy atom. The molecule has 728 valence electrons. The van der Waals surface area contributed by atoms with Crippen molar-refractivity contribution >= 4 is 71.6 Å². The van der Waals surface area contributed by atoms with E-state index in [1.54, 1.807) is 0 Å². The molecule has 10 N–H and O–H groups in total. The summed E-state index contributed by atoms with van der Waals surface area (Å²) in [4.78, 5) is 153. The van der Waals surface area contributed by atoms with Gasteiger partial charge in [-0.3, -0.25) is 52.7 Å². The Balaban J connectivity index is 1.41. The van der Waals surface area contributed by atoms with Gasteiger partial charge in [-0.25, -0.2) is 4.79 Å². The molecule has 0 aromatic heterocycles. The Morgan fingerprint density at radius 2 is 0.614 bits per heavy atom. The SMILES string of the molecule is CCC[C@H](CCCCCCCCCCCCCCCCOC[C@@H](O)C(=O)O)O[C@@H]1O[C@H](CO)[C@@H](O[C@@H]2O[C@H](COC(C)=O)[C@@H](O[C@@H]3O[C@H](COC(C)=O)[C@@H](OC(C)=O)[C@H](OC(C)=O)[C@H]3O[C@@H]3O[C@H](COC(C)=O)[C@@H](O)[C@H](O)[C@H]3O[C@@H]3O[C@H](COC(C)=O)[C@@H](O)[C@H](O)[C@H]3O)[C@H](OC(C)=O)[C@H]2OC(C)=O)[C@H](O)[C@H]1O[C@@H]1O[C@H](COC(C)=O)[C@@H](OC(C)=O)[C@H](OC(C)=O)[C@H]1O. The van der Waals surface area contributed by atoms with Crippen LogP contribution in [0.1, 0.15) is 192 Å². The molecule has 0 spiro atoms. The van der Waals surface area contributed by atoms with Crippen molar-refractivity contribution < 1.29 is 222 Å². The van der Waals surface area contributed by atoms with Crippen molar-refractivity contribution in [3.63, 3.8) is 0 Å². The zero-order valence-electron chi connectivity index (χ0n) is 73.3. The summed E-state index contributed by atoms with van der Waals surface area (Å²) < 4.78 is 143. The van der Waals surface area contributed by atoms with Gasteiger partial charge in [-0.2, -0.15) is 0 Å². The molecule has 6 fully saturated rings. The molecule has 0 aromatic carbocycles. The maximum atomic E-state index is 13.9. The Kier molecular flexibility index (Phi) is 46.6. The van der Waals surface area contributed by atoms with E-state index in [2.05, 4.69) is 0 Å². The van der Waals surface area contributed by atoms with Crippen LogP contribution in [0.25, 0.3) is 0 Å². The number of esters is 11. The summed E-state index contributed by atoms with van der Waals surface area (Å²) in [5.74, 6) is -12.8. The first kappa shape index (κ1) is 109. The Hall–Kier alpha value is -7.24. The second-order valence-electron chi connectivity index (χ2n) is 31.5. The standard InChI is InChI=1S/C81H128O46/c1-13-28-49(29-26-24-22-20-18-16-14-15-17-19-21-23-25-27-30-104-32-50(94)75(102)103)116-78-70(126-77-63(101)68(112-45(9)90)65(110-43(7)88)54(120-77)35-107-40(4)85)62(100)64(51(31-82)117-78)123-80-73(115-48(12)93)72(114-47(11)92)67(56(122-80)37-109-42(6)87)124-81-74(71(113-46(10)91)66(111-44(8)89)55(121-81)36-108-41(5)86)127-79-69(60(98)58(96)53(119-79)34-106-39(3)84)125-76-61(99)59(97)57(95)52(118-76)33-105-38(2)83/h49-74,76-82,94-101H,13-37H2,1-12H3,(H,102,103)/t49-,50-,51-,52-,53-,54-,55-,56-,57-,58-,59+,60+,61-,62+,63-,64-,65-,66-,67-,68-,69-,70-,71+,72+,73-,74-,76+,77+,78-,79+,80+,81+/m1/s1. The fourth-order valence-corrected chi connectivity index (χ4v) is 15.1. The predicted molar refractivity (Wildman–Crippen MR) is 415 cm³/mol. The first-order valence-electron chi connectivity index (χ1n) is 42.6. The van der Waals surface area contributed by atoms with Crippen LogP contribution in [0, 0.1) is 0 Å². The molecule has 6 heterocycles. The lowest BCUT2D eigenvalue weighted by molar-refractivity contribution is -0.409. The van der Waals surface area contributed by atoms with Gasteiger partial charge >= 0.3 is 71.6 Å². The zero-order valence-corrected chi connectivity index (χ0v) is 73.3. The largest absolute Gasteiger partial charge is 0.479 e. The van der Waals surface area contributed by atoms with E-state index in [4.69, 9.17) is 119 Å². The van der Waals surface area contributed by atoms with E-state index >= 15 is 0 Å². The highest BCUT2D eigenvalue weighted by Gasteiger charge is 2.62. The third-order valence-corrected chi connectivity index (χ3v) is 21.0. The molecule has 46 nitrogen and oxygen atoms in total. The second-order valence-corrected chi connectivity index (χ2v) is 31.5. The van der Waals surface area contributed by atoms with Crippen molar-refractivity contribution in [2.75, 3.05) is 52.9 Å². The Bertz CT molecular complexity index is 3440. The van der Waals surface area contributed by atoms with Gasteiger partial charge in [0.05, 0.1) is 19.3 Å². The van der Waals surface area contributed by atoms with Crippen LogP contribution in [-0.4, -0.2) is 372 Å². The van der Waals surface area contributed by atoms with E-state index in [1.807, 2.05) is 6.92 Å². The summed E-state index contributed by atoms with van der Waals surface area (Å²) in [6.45, 7) is 6.92. The van der Waals surface area contributed by atoms with E-state index < -0.39 is 308 Å². The summed E-state index contributed by atoms with van der Waals surface area (Å²) in [7, 11) is 0. The maximum absolute atomic E-state index is 13.9. The number of aliphatic carboxylic acids is 1. The number of rotatable bonds is 51. The summed E-state index contributed by atoms with van der Waals surface area (Å²) in [6.07, 6.45) is -50.4. The molecule has 0 aliphatic carbocycles. The number of carboxylic acids is 1. The Morgan fingerprint density at radius 3 is 1.06 bits per heavy atom. The van der Waals surface area contributed by atoms with Crippen LogP contribution in [0.15, 0.2) is 0 Å². The molecule has 46 heteroatoms. The van der Waals surface area contributed by atoms with Crippen molar-refractivity contribution in [2.45, 2.75) is 389 Å². The molecule has 127 heavy (non-hydrogen) atoms. The molecule has 0 aromatic rings. The summed E-state index contributed by atoms with van der Waals surface area (Å²) >= 11 is 0. The number of ether oxygens (including phenoxy) is 24. The molecule has 0 saturated carbocycles. The molecule has 0 amide bonds. The normalized spacial score (nSPS) is 33.6. The quantitative estimate of drug-likeness (QED) is 0.0192. The monoisotopic (exact) mass is 1840 g/mol. The van der Waals surface area contributed by atoms with Gasteiger partial charge in [-0.15, -0.1) is 0 Å². The van der Waals surface area contributed by atoms with E-state index in [-0.39, 0.29) is 6.61 Å². The van der Waals surface area contributed by atoms with E-state index in [9.17, 15) is 103 Å². The van der Waals surface area contributed by atoms with E-state index in [1.165, 1.54) is 0 Å². The number of unbranched alkanes of at least 4 members (excludes halogenated alkanes) is 13. The van der Waals surface area contributed by atoms with Crippen LogP contribution < -0.4 is 0 Å². The van der Waals surface area contributed by atoms with Gasteiger partial charge in [-0.1, -0.05) is 96.8 Å². The molecule has 6 saturated heterocycles. The van der Waals surface area contributed by atoms with Crippen LogP contribution in [0.3, 0.4) is 0 Å². The predicted octanol–water partition coefficient (Wildman–Crippen LogP) is -1.32. The van der Waals surface area contributed by atoms with Crippen molar-refractivity contribution in [1.82, 2.24) is 0 Å². The lowest BCUT2D eigenvalue weighted by Crippen LogP contribution is -2.70. The minimum absolute atomic E-state index is 0.250. The highest BCUT2D eigenvalue weighted by molar-refractivity contribution is 5.72. The zero-order chi connectivity index (χ0) is 94.1. The fraction of sp³-hybridized carbons (Fsp3) is 0.852. The molecule has 6 aliphatic rings. The number of hydrogen-bond donors (Lipinski definition) is 10. The molecule has 32 atom stereocenters. The number of carbonyl (C=O) groups excluding carboxylic acids is 11. The minimum Gasteiger partial charge on any atom is -0.479 e. The topological polar surface area (TPSA) is 629 Å². The molecule has 6 rings (SSSR count). The highest BCUT2D eigenvalue weighted by atomic mass is 16.8. The lowest BCUT2D eigenvalue weighted by Gasteiger charge is -2.51. The fourth-order valence-electron chi connectivity index (χ4n) is 15.1. The number of carboxylic acid groups (broad SMARTS) is 1. The number of aliphatic hydroxyl groups excluding tert-OH is 9. The average Bonchev–Trinajstić information content (AvgIpc) is 0.741. The van der Waals surface area contributed by atoms with Crippen molar-refractivity contribution in [3.8, 4) is 0 Å². The van der Waals surface area contributed by atoms with Crippen LogP contribution >= 0.6 is 0 Å².